The van der Waals surface area contributed by atoms with Gasteiger partial charge in [0.25, 0.3) is 0 Å². The minimum atomic E-state index is -0.792. The summed E-state index contributed by atoms with van der Waals surface area (Å²) in [5, 5.41) is 3.41. The van der Waals surface area contributed by atoms with Crippen LogP contribution in [0.4, 0.5) is 10.1 Å². The molecule has 6 nitrogen and oxygen atoms in total. The van der Waals surface area contributed by atoms with Gasteiger partial charge in [0.1, 0.15) is 5.82 Å². The molecule has 1 aliphatic rings. The van der Waals surface area contributed by atoms with Gasteiger partial charge in [-0.05, 0) is 39.7 Å². The molecule has 0 saturated carbocycles. The van der Waals surface area contributed by atoms with Crippen molar-refractivity contribution < 1.29 is 13.9 Å². The lowest BCUT2D eigenvalue weighted by Crippen LogP contribution is -2.31. The average molecular weight is 329 g/mol. The third-order valence-corrected chi connectivity index (χ3v) is 3.38. The van der Waals surface area contributed by atoms with Crippen molar-refractivity contribution in [3.8, 4) is 0 Å². The second-order valence-electron chi connectivity index (χ2n) is 3.95. The van der Waals surface area contributed by atoms with Gasteiger partial charge in [0, 0.05) is 17.1 Å². The van der Waals surface area contributed by atoms with Gasteiger partial charge in [0.15, 0.2) is 12.5 Å². The Labute approximate surface area is 116 Å². The highest BCUT2D eigenvalue weighted by atomic mass is 79.9. The van der Waals surface area contributed by atoms with E-state index in [2.05, 4.69) is 26.0 Å². The normalized spacial score (nSPS) is 22.1. The summed E-state index contributed by atoms with van der Waals surface area (Å²) in [6.45, 7) is 0.500. The summed E-state index contributed by atoms with van der Waals surface area (Å²) in [6, 6.07) is 4.57. The number of halogens is 2. The number of azide groups is 1. The van der Waals surface area contributed by atoms with E-state index in [9.17, 15) is 9.18 Å². The summed E-state index contributed by atoms with van der Waals surface area (Å²) in [5.41, 5.74) is 8.81. The van der Waals surface area contributed by atoms with Crippen LogP contribution in [-0.2, 0) is 9.53 Å². The largest absolute Gasteiger partial charge is 0.346 e. The van der Waals surface area contributed by atoms with Crippen molar-refractivity contribution in [2.24, 2.45) is 5.11 Å². The van der Waals surface area contributed by atoms with Crippen molar-refractivity contribution in [3.63, 3.8) is 0 Å². The Hall–Kier alpha value is -1.63. The highest BCUT2D eigenvalue weighted by Gasteiger charge is 2.32. The van der Waals surface area contributed by atoms with Gasteiger partial charge < -0.3 is 9.64 Å². The summed E-state index contributed by atoms with van der Waals surface area (Å²) < 4.78 is 19.3. The lowest BCUT2D eigenvalue weighted by Gasteiger charge is -2.20. The third-order valence-electron chi connectivity index (χ3n) is 2.74. The van der Waals surface area contributed by atoms with Gasteiger partial charge in [-0.2, -0.15) is 0 Å². The molecule has 8 heteroatoms. The minimum Gasteiger partial charge on any atom is -0.346 e. The number of carbonyl (C=O) groups excluding carboxylic acids is 1. The van der Waals surface area contributed by atoms with E-state index in [1.807, 2.05) is 0 Å². The predicted molar refractivity (Wildman–Crippen MR) is 70.2 cm³/mol. The summed E-state index contributed by atoms with van der Waals surface area (Å²) in [6.07, 6.45) is -0.534. The molecule has 1 aliphatic heterocycles. The van der Waals surface area contributed by atoms with Gasteiger partial charge in [0.2, 0.25) is 0 Å². The molecule has 1 saturated heterocycles. The third kappa shape index (κ3) is 3.04. The monoisotopic (exact) mass is 328 g/mol. The zero-order valence-electron chi connectivity index (χ0n) is 9.74. The molecule has 1 aromatic rings. The van der Waals surface area contributed by atoms with E-state index < -0.39 is 12.0 Å². The smallest absolute Gasteiger partial charge is 0.187 e. The van der Waals surface area contributed by atoms with Crippen molar-refractivity contribution in [1.29, 1.82) is 0 Å². The molecule has 0 aliphatic carbocycles. The van der Waals surface area contributed by atoms with Crippen LogP contribution in [-0.4, -0.2) is 31.7 Å². The molecular formula is C11H10BrFN4O2. The Bertz CT molecular complexity index is 535. The highest BCUT2D eigenvalue weighted by Crippen LogP contribution is 2.27. The van der Waals surface area contributed by atoms with Crippen LogP contribution >= 0.6 is 15.9 Å². The molecule has 1 unspecified atom stereocenters. The quantitative estimate of drug-likeness (QED) is 0.369. The number of benzene rings is 1. The molecule has 19 heavy (non-hydrogen) atoms. The second-order valence-corrected chi connectivity index (χ2v) is 4.80. The number of nitrogens with zero attached hydrogens (tertiary/aromatic N) is 4. The van der Waals surface area contributed by atoms with Gasteiger partial charge in [-0.25, -0.2) is 4.39 Å². The first-order chi connectivity index (χ1) is 9.15. The van der Waals surface area contributed by atoms with E-state index in [0.717, 1.165) is 0 Å². The first kappa shape index (κ1) is 13.8. The van der Waals surface area contributed by atoms with Crippen LogP contribution in [0.25, 0.3) is 10.4 Å². The van der Waals surface area contributed by atoms with E-state index in [1.54, 1.807) is 17.0 Å². The van der Waals surface area contributed by atoms with Crippen LogP contribution in [0.5, 0.6) is 0 Å². The first-order valence-corrected chi connectivity index (χ1v) is 6.28. The molecule has 1 heterocycles. The lowest BCUT2D eigenvalue weighted by molar-refractivity contribution is -0.117. The van der Waals surface area contributed by atoms with Crippen molar-refractivity contribution in [2.75, 3.05) is 18.0 Å². The molecule has 0 bridgehead atoms. The molecule has 1 aromatic carbocycles. The van der Waals surface area contributed by atoms with E-state index in [0.29, 0.717) is 23.0 Å². The number of anilines is 1. The van der Waals surface area contributed by atoms with Gasteiger partial charge in [-0.3, -0.25) is 4.79 Å². The standard InChI is InChI=1S/C11H10BrFN4O2/c12-9-2-1-7(3-10(9)13)17-5-8(4-15-16-14)19-11(17)6-18/h1-3,6,8,11H,4-5H2/t8-,11?/m0/s1. The van der Waals surface area contributed by atoms with E-state index in [1.165, 1.54) is 6.07 Å². The fraction of sp³-hybridized carbons (Fsp3) is 0.364. The summed E-state index contributed by atoms with van der Waals surface area (Å²) >= 11 is 3.07. The SMILES string of the molecule is [N-]=[N+]=NC[C@H]1CN(c2ccc(Br)c(F)c2)C(C=O)O1. The van der Waals surface area contributed by atoms with Crippen LogP contribution in [0.2, 0.25) is 0 Å². The van der Waals surface area contributed by atoms with Gasteiger partial charge in [-0.1, -0.05) is 5.11 Å². The van der Waals surface area contributed by atoms with E-state index >= 15 is 0 Å². The topological polar surface area (TPSA) is 78.3 Å². The molecule has 2 rings (SSSR count). The number of hydrogen-bond donors (Lipinski definition) is 0. The number of carbonyl (C=O) groups is 1. The maximum absolute atomic E-state index is 13.5. The van der Waals surface area contributed by atoms with Gasteiger partial charge in [0.05, 0.1) is 17.1 Å². The number of aldehydes is 1. The lowest BCUT2D eigenvalue weighted by atomic mass is 10.2. The van der Waals surface area contributed by atoms with Crippen molar-refractivity contribution in [3.05, 3.63) is 38.9 Å². The average Bonchev–Trinajstić information content (AvgIpc) is 2.83. The maximum atomic E-state index is 13.5. The Kier molecular flexibility index (Phi) is 4.36. The van der Waals surface area contributed by atoms with Crippen LogP contribution in [0.15, 0.2) is 27.8 Å². The highest BCUT2D eigenvalue weighted by molar-refractivity contribution is 9.10. The molecule has 2 atom stereocenters. The van der Waals surface area contributed by atoms with Crippen LogP contribution < -0.4 is 4.90 Å². The molecule has 100 valence electrons. The summed E-state index contributed by atoms with van der Waals surface area (Å²) in [5.74, 6) is -0.416. The Morgan fingerprint density at radius 2 is 2.47 bits per heavy atom. The molecule has 0 amide bonds. The number of hydrogen-bond acceptors (Lipinski definition) is 4. The molecule has 0 N–H and O–H groups in total. The fourth-order valence-electron chi connectivity index (χ4n) is 1.89. The molecule has 0 spiro atoms. The van der Waals surface area contributed by atoms with Gasteiger partial charge >= 0.3 is 0 Å². The Balaban J connectivity index is 2.19. The van der Waals surface area contributed by atoms with Crippen LogP contribution in [0.1, 0.15) is 0 Å². The first-order valence-electron chi connectivity index (χ1n) is 5.49. The summed E-state index contributed by atoms with van der Waals surface area (Å²) in [7, 11) is 0. The maximum Gasteiger partial charge on any atom is 0.187 e. The molecular weight excluding hydrogens is 319 g/mol. The van der Waals surface area contributed by atoms with Crippen LogP contribution in [0, 0.1) is 5.82 Å². The fourth-order valence-corrected chi connectivity index (χ4v) is 2.13. The Morgan fingerprint density at radius 1 is 1.68 bits per heavy atom. The molecule has 1 fully saturated rings. The van der Waals surface area contributed by atoms with Crippen LogP contribution in [0.3, 0.4) is 0 Å². The van der Waals surface area contributed by atoms with Crippen molar-refractivity contribution in [2.45, 2.75) is 12.3 Å². The Morgan fingerprint density at radius 3 is 3.11 bits per heavy atom. The molecule has 0 radical (unpaired) electrons. The van der Waals surface area contributed by atoms with E-state index in [4.69, 9.17) is 10.3 Å². The van der Waals surface area contributed by atoms with E-state index in [-0.39, 0.29) is 12.6 Å². The predicted octanol–water partition coefficient (Wildman–Crippen LogP) is 2.63. The zero-order chi connectivity index (χ0) is 13.8. The number of rotatable bonds is 4. The zero-order valence-corrected chi connectivity index (χ0v) is 11.3. The van der Waals surface area contributed by atoms with Gasteiger partial charge in [-0.15, -0.1) is 0 Å². The second kappa shape index (κ2) is 6.01. The number of ether oxygens (including phenoxy) is 1. The van der Waals surface area contributed by atoms with Crippen molar-refractivity contribution in [1.82, 2.24) is 0 Å². The minimum absolute atomic E-state index is 0.135. The van der Waals surface area contributed by atoms with Crippen molar-refractivity contribution >= 4 is 27.9 Å². The molecule has 0 aromatic heterocycles. The summed E-state index contributed by atoms with van der Waals surface area (Å²) in [4.78, 5) is 15.3.